The lowest BCUT2D eigenvalue weighted by Crippen LogP contribution is -2.26. The zero-order valence-corrected chi connectivity index (χ0v) is 13.5. The van der Waals surface area contributed by atoms with Crippen LogP contribution < -0.4 is 5.32 Å². The van der Waals surface area contributed by atoms with Crippen molar-refractivity contribution in [3.63, 3.8) is 0 Å². The highest BCUT2D eigenvalue weighted by atomic mass is 79.9. The van der Waals surface area contributed by atoms with E-state index in [9.17, 15) is 4.79 Å². The SMILES string of the molecule is Cc1c(Br)cccc1C(=O)NCCc1cccc(Cl)c1. The first kappa shape index (κ1) is 15.1. The van der Waals surface area contributed by atoms with Gasteiger partial charge in [0.25, 0.3) is 5.91 Å². The van der Waals surface area contributed by atoms with E-state index in [0.29, 0.717) is 12.1 Å². The molecule has 20 heavy (non-hydrogen) atoms. The molecule has 0 saturated heterocycles. The minimum absolute atomic E-state index is 0.0502. The Morgan fingerprint density at radius 2 is 2.00 bits per heavy atom. The van der Waals surface area contributed by atoms with Crippen molar-refractivity contribution in [2.75, 3.05) is 6.54 Å². The Balaban J connectivity index is 1.94. The van der Waals surface area contributed by atoms with Crippen LogP contribution in [-0.2, 0) is 6.42 Å². The average molecular weight is 353 g/mol. The van der Waals surface area contributed by atoms with Gasteiger partial charge in [0, 0.05) is 21.6 Å². The lowest BCUT2D eigenvalue weighted by Gasteiger charge is -2.09. The molecule has 0 aromatic heterocycles. The molecule has 0 heterocycles. The first-order valence-corrected chi connectivity index (χ1v) is 7.53. The van der Waals surface area contributed by atoms with E-state index in [-0.39, 0.29) is 5.91 Å². The first-order valence-electron chi connectivity index (χ1n) is 6.35. The number of carbonyl (C=O) groups excluding carboxylic acids is 1. The van der Waals surface area contributed by atoms with Crippen molar-refractivity contribution in [3.8, 4) is 0 Å². The molecule has 0 radical (unpaired) electrons. The Bertz CT molecular complexity index is 628. The van der Waals surface area contributed by atoms with E-state index in [1.54, 1.807) is 0 Å². The summed E-state index contributed by atoms with van der Waals surface area (Å²) in [5.41, 5.74) is 2.77. The Hall–Kier alpha value is -1.32. The summed E-state index contributed by atoms with van der Waals surface area (Å²) in [4.78, 5) is 12.1. The Labute approximate surface area is 132 Å². The standard InChI is InChI=1S/C16H15BrClNO/c1-11-14(6-3-7-15(11)17)16(20)19-9-8-12-4-2-5-13(18)10-12/h2-7,10H,8-9H2,1H3,(H,19,20). The molecular weight excluding hydrogens is 338 g/mol. The van der Waals surface area contributed by atoms with Crippen LogP contribution in [-0.4, -0.2) is 12.5 Å². The summed E-state index contributed by atoms with van der Waals surface area (Å²) >= 11 is 9.36. The minimum Gasteiger partial charge on any atom is -0.352 e. The van der Waals surface area contributed by atoms with E-state index in [0.717, 1.165) is 27.0 Å². The maximum absolute atomic E-state index is 12.1. The Kier molecular flexibility index (Phi) is 5.21. The number of hydrogen-bond acceptors (Lipinski definition) is 1. The molecule has 0 aliphatic rings. The summed E-state index contributed by atoms with van der Waals surface area (Å²) in [6.07, 6.45) is 0.763. The highest BCUT2D eigenvalue weighted by molar-refractivity contribution is 9.10. The summed E-state index contributed by atoms with van der Waals surface area (Å²) in [6.45, 7) is 2.51. The Morgan fingerprint density at radius 1 is 1.25 bits per heavy atom. The third kappa shape index (κ3) is 3.84. The summed E-state index contributed by atoms with van der Waals surface area (Å²) in [7, 11) is 0. The lowest BCUT2D eigenvalue weighted by molar-refractivity contribution is 0.0953. The summed E-state index contributed by atoms with van der Waals surface area (Å²) in [5, 5.41) is 3.65. The van der Waals surface area contributed by atoms with E-state index < -0.39 is 0 Å². The van der Waals surface area contributed by atoms with Crippen LogP contribution in [0.2, 0.25) is 5.02 Å². The fourth-order valence-corrected chi connectivity index (χ4v) is 2.54. The van der Waals surface area contributed by atoms with Crippen LogP contribution in [0.4, 0.5) is 0 Å². The van der Waals surface area contributed by atoms with Crippen molar-refractivity contribution in [2.45, 2.75) is 13.3 Å². The molecule has 2 nitrogen and oxygen atoms in total. The van der Waals surface area contributed by atoms with Crippen LogP contribution in [0, 0.1) is 6.92 Å². The summed E-state index contributed by atoms with van der Waals surface area (Å²) in [6, 6.07) is 13.3. The summed E-state index contributed by atoms with van der Waals surface area (Å²) < 4.78 is 0.944. The molecule has 0 aliphatic heterocycles. The topological polar surface area (TPSA) is 29.1 Å². The maximum Gasteiger partial charge on any atom is 0.251 e. The van der Waals surface area contributed by atoms with Gasteiger partial charge in [-0.3, -0.25) is 4.79 Å². The number of nitrogens with one attached hydrogen (secondary N) is 1. The second-order valence-electron chi connectivity index (χ2n) is 4.55. The van der Waals surface area contributed by atoms with Crippen LogP contribution in [0.1, 0.15) is 21.5 Å². The first-order chi connectivity index (χ1) is 9.58. The van der Waals surface area contributed by atoms with Gasteiger partial charge in [0.1, 0.15) is 0 Å². The maximum atomic E-state index is 12.1. The van der Waals surface area contributed by atoms with Gasteiger partial charge < -0.3 is 5.32 Å². The molecule has 0 unspecified atom stereocenters. The molecule has 0 atom stereocenters. The number of carbonyl (C=O) groups is 1. The number of benzene rings is 2. The normalized spacial score (nSPS) is 10.3. The van der Waals surface area contributed by atoms with Gasteiger partial charge in [-0.05, 0) is 48.7 Å². The molecule has 104 valence electrons. The number of halogens is 2. The minimum atomic E-state index is -0.0502. The molecule has 4 heteroatoms. The fraction of sp³-hybridized carbons (Fsp3) is 0.188. The van der Waals surface area contributed by atoms with Crippen molar-refractivity contribution in [3.05, 3.63) is 68.7 Å². The lowest BCUT2D eigenvalue weighted by atomic mass is 10.1. The fourth-order valence-electron chi connectivity index (χ4n) is 1.96. The second kappa shape index (κ2) is 6.91. The van der Waals surface area contributed by atoms with Crippen molar-refractivity contribution in [1.82, 2.24) is 5.32 Å². The molecule has 0 spiro atoms. The van der Waals surface area contributed by atoms with Crippen LogP contribution in [0.25, 0.3) is 0 Å². The van der Waals surface area contributed by atoms with Gasteiger partial charge in [0.15, 0.2) is 0 Å². The third-order valence-corrected chi connectivity index (χ3v) is 4.19. The molecule has 0 aliphatic carbocycles. The second-order valence-corrected chi connectivity index (χ2v) is 5.84. The largest absolute Gasteiger partial charge is 0.352 e. The molecule has 0 fully saturated rings. The van der Waals surface area contributed by atoms with Gasteiger partial charge in [-0.25, -0.2) is 0 Å². The highest BCUT2D eigenvalue weighted by Gasteiger charge is 2.09. The average Bonchev–Trinajstić information content (AvgIpc) is 2.42. The van der Waals surface area contributed by atoms with E-state index >= 15 is 0 Å². The predicted molar refractivity (Wildman–Crippen MR) is 86.4 cm³/mol. The van der Waals surface area contributed by atoms with E-state index in [1.807, 2.05) is 49.4 Å². The number of amides is 1. The smallest absolute Gasteiger partial charge is 0.251 e. The number of rotatable bonds is 4. The van der Waals surface area contributed by atoms with Gasteiger partial charge in [-0.1, -0.05) is 45.7 Å². The van der Waals surface area contributed by atoms with Gasteiger partial charge >= 0.3 is 0 Å². The molecule has 2 aromatic carbocycles. The van der Waals surface area contributed by atoms with Crippen LogP contribution in [0.15, 0.2) is 46.9 Å². The van der Waals surface area contributed by atoms with Crippen molar-refractivity contribution < 1.29 is 4.79 Å². The highest BCUT2D eigenvalue weighted by Crippen LogP contribution is 2.19. The van der Waals surface area contributed by atoms with Gasteiger partial charge in [0.05, 0.1) is 0 Å². The zero-order valence-electron chi connectivity index (χ0n) is 11.1. The molecule has 0 bridgehead atoms. The monoisotopic (exact) mass is 351 g/mol. The van der Waals surface area contributed by atoms with E-state index in [2.05, 4.69) is 21.2 Å². The van der Waals surface area contributed by atoms with Crippen molar-refractivity contribution in [2.24, 2.45) is 0 Å². The van der Waals surface area contributed by atoms with E-state index in [4.69, 9.17) is 11.6 Å². The number of hydrogen-bond donors (Lipinski definition) is 1. The Morgan fingerprint density at radius 3 is 2.75 bits per heavy atom. The van der Waals surface area contributed by atoms with E-state index in [1.165, 1.54) is 0 Å². The molecule has 2 rings (SSSR count). The van der Waals surface area contributed by atoms with Gasteiger partial charge in [0.2, 0.25) is 0 Å². The molecular formula is C16H15BrClNO. The zero-order chi connectivity index (χ0) is 14.5. The van der Waals surface area contributed by atoms with Crippen molar-refractivity contribution in [1.29, 1.82) is 0 Å². The van der Waals surface area contributed by atoms with Gasteiger partial charge in [-0.15, -0.1) is 0 Å². The molecule has 1 N–H and O–H groups in total. The van der Waals surface area contributed by atoms with Crippen LogP contribution in [0.5, 0.6) is 0 Å². The quantitative estimate of drug-likeness (QED) is 0.869. The molecule has 0 saturated carbocycles. The van der Waals surface area contributed by atoms with Crippen molar-refractivity contribution >= 4 is 33.4 Å². The summed E-state index contributed by atoms with van der Waals surface area (Å²) in [5.74, 6) is -0.0502. The van der Waals surface area contributed by atoms with Crippen LogP contribution >= 0.6 is 27.5 Å². The third-order valence-electron chi connectivity index (χ3n) is 3.10. The molecule has 1 amide bonds. The predicted octanol–water partition coefficient (Wildman–Crippen LogP) is 4.38. The van der Waals surface area contributed by atoms with Gasteiger partial charge in [-0.2, -0.15) is 0 Å². The molecule has 2 aromatic rings. The van der Waals surface area contributed by atoms with Crippen LogP contribution in [0.3, 0.4) is 0 Å².